The molecule has 0 aromatic heterocycles. The SMILES string of the molecule is O=C1NC(c2ccccc2)c2cc(Cl)ccc2N1CC(F)(F)F. The molecule has 2 aromatic rings. The van der Waals surface area contributed by atoms with Gasteiger partial charge < -0.3 is 5.32 Å². The Kier molecular flexibility index (Phi) is 3.93. The lowest BCUT2D eigenvalue weighted by Crippen LogP contribution is -2.50. The van der Waals surface area contributed by atoms with Crippen molar-refractivity contribution in [1.29, 1.82) is 0 Å². The second-order valence-corrected chi connectivity index (χ2v) is 5.63. The summed E-state index contributed by atoms with van der Waals surface area (Å²) in [4.78, 5) is 12.9. The van der Waals surface area contributed by atoms with E-state index in [4.69, 9.17) is 11.6 Å². The van der Waals surface area contributed by atoms with E-state index in [9.17, 15) is 18.0 Å². The van der Waals surface area contributed by atoms with Crippen molar-refractivity contribution in [3.05, 3.63) is 64.7 Å². The van der Waals surface area contributed by atoms with Crippen LogP contribution in [0.4, 0.5) is 23.7 Å². The minimum Gasteiger partial charge on any atom is -0.327 e. The maximum absolute atomic E-state index is 12.8. The van der Waals surface area contributed by atoms with Gasteiger partial charge in [-0.15, -0.1) is 0 Å². The van der Waals surface area contributed by atoms with Crippen LogP contribution in [-0.2, 0) is 0 Å². The van der Waals surface area contributed by atoms with Crippen molar-refractivity contribution >= 4 is 23.3 Å². The van der Waals surface area contributed by atoms with Gasteiger partial charge in [-0.3, -0.25) is 4.90 Å². The Morgan fingerprint density at radius 3 is 2.48 bits per heavy atom. The highest BCUT2D eigenvalue weighted by Crippen LogP contribution is 2.37. The van der Waals surface area contributed by atoms with Gasteiger partial charge in [0.15, 0.2) is 0 Å². The second kappa shape index (κ2) is 5.77. The van der Waals surface area contributed by atoms with E-state index >= 15 is 0 Å². The molecule has 0 bridgehead atoms. The van der Waals surface area contributed by atoms with Crippen LogP contribution in [0.3, 0.4) is 0 Å². The highest BCUT2D eigenvalue weighted by Gasteiger charge is 2.39. The van der Waals surface area contributed by atoms with Gasteiger partial charge in [-0.1, -0.05) is 41.9 Å². The first-order valence-corrected chi connectivity index (χ1v) is 7.22. The summed E-state index contributed by atoms with van der Waals surface area (Å²) in [6.45, 7) is -1.35. The molecule has 1 N–H and O–H groups in total. The molecule has 0 aliphatic carbocycles. The molecule has 1 aliphatic rings. The maximum atomic E-state index is 12.8. The Morgan fingerprint density at radius 2 is 1.83 bits per heavy atom. The van der Waals surface area contributed by atoms with Crippen molar-refractivity contribution in [3.8, 4) is 0 Å². The zero-order valence-electron chi connectivity index (χ0n) is 11.8. The number of rotatable bonds is 2. The van der Waals surface area contributed by atoms with Gasteiger partial charge in [-0.05, 0) is 23.8 Å². The van der Waals surface area contributed by atoms with Crippen LogP contribution < -0.4 is 10.2 Å². The Hall–Kier alpha value is -2.21. The fourth-order valence-electron chi connectivity index (χ4n) is 2.64. The number of alkyl halides is 3. The number of hydrogen-bond acceptors (Lipinski definition) is 1. The zero-order chi connectivity index (χ0) is 16.6. The first-order chi connectivity index (χ1) is 10.8. The van der Waals surface area contributed by atoms with E-state index in [2.05, 4.69) is 5.32 Å². The van der Waals surface area contributed by atoms with Crippen LogP contribution in [0.25, 0.3) is 0 Å². The van der Waals surface area contributed by atoms with E-state index in [1.54, 1.807) is 30.3 Å². The Labute approximate surface area is 135 Å². The minimum atomic E-state index is -4.49. The molecule has 1 atom stereocenters. The van der Waals surface area contributed by atoms with Crippen LogP contribution in [0.15, 0.2) is 48.5 Å². The highest BCUT2D eigenvalue weighted by atomic mass is 35.5. The number of fused-ring (bicyclic) bond motifs is 1. The third kappa shape index (κ3) is 3.27. The molecule has 1 unspecified atom stereocenters. The lowest BCUT2D eigenvalue weighted by molar-refractivity contribution is -0.118. The summed E-state index contributed by atoms with van der Waals surface area (Å²) < 4.78 is 38.3. The van der Waals surface area contributed by atoms with E-state index < -0.39 is 24.8 Å². The second-order valence-electron chi connectivity index (χ2n) is 5.20. The van der Waals surface area contributed by atoms with Gasteiger partial charge in [0.1, 0.15) is 6.54 Å². The zero-order valence-corrected chi connectivity index (χ0v) is 12.5. The molecule has 0 saturated carbocycles. The molecule has 120 valence electrons. The summed E-state index contributed by atoms with van der Waals surface area (Å²) in [5, 5.41) is 3.01. The van der Waals surface area contributed by atoms with Crippen molar-refractivity contribution in [1.82, 2.24) is 5.32 Å². The minimum absolute atomic E-state index is 0.212. The Morgan fingerprint density at radius 1 is 1.13 bits per heavy atom. The van der Waals surface area contributed by atoms with Gasteiger partial charge in [-0.2, -0.15) is 13.2 Å². The molecule has 2 amide bonds. The molecule has 0 radical (unpaired) electrons. The molecule has 0 saturated heterocycles. The third-order valence-corrected chi connectivity index (χ3v) is 3.81. The van der Waals surface area contributed by atoms with Crippen LogP contribution in [0.5, 0.6) is 0 Å². The van der Waals surface area contributed by atoms with Crippen molar-refractivity contribution in [2.45, 2.75) is 12.2 Å². The van der Waals surface area contributed by atoms with E-state index in [0.717, 1.165) is 5.56 Å². The molecule has 3 rings (SSSR count). The number of amides is 2. The van der Waals surface area contributed by atoms with Crippen LogP contribution in [0, 0.1) is 0 Å². The molecular weight excluding hydrogens is 329 g/mol. The molecule has 2 aromatic carbocycles. The standard InChI is InChI=1S/C16H12ClF3N2O/c17-11-6-7-13-12(8-11)14(10-4-2-1-3-5-10)21-15(23)22(13)9-16(18,19)20/h1-8,14H,9H2,(H,21,23). The number of carbonyl (C=O) groups is 1. The van der Waals surface area contributed by atoms with Crippen molar-refractivity contribution < 1.29 is 18.0 Å². The van der Waals surface area contributed by atoms with Crippen molar-refractivity contribution in [3.63, 3.8) is 0 Å². The summed E-state index contributed by atoms with van der Waals surface area (Å²) in [5.74, 6) is 0. The quantitative estimate of drug-likeness (QED) is 0.856. The predicted octanol–water partition coefficient (Wildman–Crippen LogP) is 4.52. The molecule has 0 spiro atoms. The lowest BCUT2D eigenvalue weighted by atomic mass is 9.95. The third-order valence-electron chi connectivity index (χ3n) is 3.57. The normalized spacial score (nSPS) is 17.7. The molecule has 7 heteroatoms. The van der Waals surface area contributed by atoms with E-state index in [1.165, 1.54) is 12.1 Å². The first kappa shape index (κ1) is 15.7. The number of anilines is 1. The van der Waals surface area contributed by atoms with Gasteiger partial charge in [0.05, 0.1) is 11.7 Å². The first-order valence-electron chi connectivity index (χ1n) is 6.84. The fourth-order valence-corrected chi connectivity index (χ4v) is 2.82. The molecular formula is C16H12ClF3N2O. The average molecular weight is 341 g/mol. The monoisotopic (exact) mass is 340 g/mol. The van der Waals surface area contributed by atoms with Crippen LogP contribution in [0.2, 0.25) is 5.02 Å². The van der Waals surface area contributed by atoms with Crippen LogP contribution in [0.1, 0.15) is 17.2 Å². The van der Waals surface area contributed by atoms with E-state index in [1.807, 2.05) is 6.07 Å². The van der Waals surface area contributed by atoms with Gasteiger partial charge >= 0.3 is 12.2 Å². The average Bonchev–Trinajstić information content (AvgIpc) is 2.49. The number of hydrogen-bond donors (Lipinski definition) is 1. The molecule has 3 nitrogen and oxygen atoms in total. The summed E-state index contributed by atoms with van der Waals surface area (Å²) in [7, 11) is 0. The number of nitrogens with zero attached hydrogens (tertiary/aromatic N) is 1. The Bertz CT molecular complexity index is 734. The van der Waals surface area contributed by atoms with E-state index in [-0.39, 0.29) is 5.69 Å². The number of benzene rings is 2. The lowest BCUT2D eigenvalue weighted by Gasteiger charge is -2.35. The van der Waals surface area contributed by atoms with Crippen molar-refractivity contribution in [2.24, 2.45) is 0 Å². The fraction of sp³-hybridized carbons (Fsp3) is 0.188. The molecule has 23 heavy (non-hydrogen) atoms. The van der Waals surface area contributed by atoms with Gasteiger partial charge in [0.25, 0.3) is 0 Å². The number of carbonyl (C=O) groups excluding carboxylic acids is 1. The summed E-state index contributed by atoms with van der Waals surface area (Å²) in [5.41, 5.74) is 1.52. The van der Waals surface area contributed by atoms with Crippen LogP contribution >= 0.6 is 11.6 Å². The van der Waals surface area contributed by atoms with E-state index in [0.29, 0.717) is 15.5 Å². The molecule has 1 aliphatic heterocycles. The van der Waals surface area contributed by atoms with Gasteiger partial charge in [0.2, 0.25) is 0 Å². The number of urea groups is 1. The molecule has 0 fully saturated rings. The highest BCUT2D eigenvalue weighted by molar-refractivity contribution is 6.30. The van der Waals surface area contributed by atoms with Crippen LogP contribution in [-0.4, -0.2) is 18.8 Å². The summed E-state index contributed by atoms with van der Waals surface area (Å²) >= 11 is 5.99. The van der Waals surface area contributed by atoms with Gasteiger partial charge in [0, 0.05) is 10.6 Å². The number of halogens is 4. The summed E-state index contributed by atoms with van der Waals surface area (Å²) in [6, 6.07) is 12.2. The Balaban J connectivity index is 2.09. The number of nitrogens with one attached hydrogen (secondary N) is 1. The maximum Gasteiger partial charge on any atom is 0.406 e. The summed E-state index contributed by atoms with van der Waals surface area (Å²) in [6.07, 6.45) is -4.49. The van der Waals surface area contributed by atoms with Crippen molar-refractivity contribution in [2.75, 3.05) is 11.4 Å². The van der Waals surface area contributed by atoms with Gasteiger partial charge in [-0.25, -0.2) is 4.79 Å². The predicted molar refractivity (Wildman–Crippen MR) is 81.7 cm³/mol. The smallest absolute Gasteiger partial charge is 0.327 e. The molecule has 1 heterocycles. The largest absolute Gasteiger partial charge is 0.406 e. The topological polar surface area (TPSA) is 32.3 Å².